The molecule has 7 nitrogen and oxygen atoms in total. The maximum Gasteiger partial charge on any atom is 0.408 e. The van der Waals surface area contributed by atoms with Gasteiger partial charge in [-0.3, -0.25) is 9.69 Å². The first-order valence-electron chi connectivity index (χ1n) is 11.4. The molecule has 2 N–H and O–H groups in total. The van der Waals surface area contributed by atoms with E-state index in [1.807, 2.05) is 48.5 Å². The number of rotatable bonds is 6. The summed E-state index contributed by atoms with van der Waals surface area (Å²) in [5.74, 6) is -0.0539. The van der Waals surface area contributed by atoms with Crippen molar-refractivity contribution in [3.05, 3.63) is 0 Å². The number of hydrogen-bond acceptors (Lipinski definition) is 5. The van der Waals surface area contributed by atoms with Gasteiger partial charge in [-0.1, -0.05) is 19.3 Å². The molecule has 0 aromatic rings. The highest BCUT2D eigenvalue weighted by Gasteiger charge is 2.46. The van der Waals surface area contributed by atoms with E-state index in [1.165, 1.54) is 19.3 Å². The van der Waals surface area contributed by atoms with Crippen LogP contribution in [0, 0.1) is 5.41 Å². The first-order chi connectivity index (χ1) is 13.8. The van der Waals surface area contributed by atoms with Crippen molar-refractivity contribution < 1.29 is 19.1 Å². The summed E-state index contributed by atoms with van der Waals surface area (Å²) in [5, 5.41) is 6.14. The molecule has 0 radical (unpaired) electrons. The molecular formula is C23H43N3O4. The molecule has 1 aliphatic carbocycles. The highest BCUT2D eigenvalue weighted by Crippen LogP contribution is 2.35. The Bertz CT molecular complexity index is 598. The Hall–Kier alpha value is -1.34. The van der Waals surface area contributed by atoms with Crippen LogP contribution in [0.5, 0.6) is 0 Å². The molecule has 0 unspecified atom stereocenters. The van der Waals surface area contributed by atoms with Gasteiger partial charge in [0.1, 0.15) is 5.60 Å². The molecule has 1 saturated heterocycles. The number of alkyl carbamates (subject to hydrolysis) is 1. The van der Waals surface area contributed by atoms with E-state index in [0.29, 0.717) is 6.54 Å². The lowest BCUT2D eigenvalue weighted by Crippen LogP contribution is -2.63. The minimum Gasteiger partial charge on any atom is -0.444 e. The smallest absolute Gasteiger partial charge is 0.408 e. The summed E-state index contributed by atoms with van der Waals surface area (Å²) in [6, 6.07) is 0. The molecular weight excluding hydrogens is 382 g/mol. The van der Waals surface area contributed by atoms with E-state index in [2.05, 4.69) is 15.5 Å². The number of hydrogen-bond donors (Lipinski definition) is 2. The fourth-order valence-electron chi connectivity index (χ4n) is 4.32. The molecule has 1 saturated carbocycles. The number of nitrogens with one attached hydrogen (secondary N) is 2. The zero-order chi connectivity index (χ0) is 22.6. The summed E-state index contributed by atoms with van der Waals surface area (Å²) < 4.78 is 10.9. The Balaban J connectivity index is 2.05. The number of ether oxygens (including phenoxy) is 2. The molecule has 0 bridgehead atoms. The largest absolute Gasteiger partial charge is 0.444 e. The zero-order valence-electron chi connectivity index (χ0n) is 20.2. The third-order valence-corrected chi connectivity index (χ3v) is 6.99. The number of nitrogens with zero attached hydrogens (tertiary/aromatic N) is 1. The van der Waals surface area contributed by atoms with Gasteiger partial charge in [-0.2, -0.15) is 0 Å². The second-order valence-corrected chi connectivity index (χ2v) is 10.9. The molecule has 2 amide bonds. The van der Waals surface area contributed by atoms with Crippen LogP contribution in [-0.4, -0.2) is 66.4 Å². The van der Waals surface area contributed by atoms with Crippen LogP contribution >= 0.6 is 0 Å². The molecule has 0 aromatic carbocycles. The third kappa shape index (κ3) is 6.10. The lowest BCUT2D eigenvalue weighted by molar-refractivity contribution is -0.134. The van der Waals surface area contributed by atoms with Crippen molar-refractivity contribution >= 4 is 12.0 Å². The minimum absolute atomic E-state index is 0.0104. The molecule has 0 atom stereocenters. The topological polar surface area (TPSA) is 79.9 Å². The van der Waals surface area contributed by atoms with E-state index >= 15 is 0 Å². The molecule has 0 aromatic heterocycles. The van der Waals surface area contributed by atoms with Crippen LogP contribution in [0.15, 0.2) is 0 Å². The summed E-state index contributed by atoms with van der Waals surface area (Å²) in [7, 11) is 0. The SMILES string of the molecule is CC(C)(C)OC(=O)NC(C)(C)C(C)(C)C(=O)NCC1(N2CCOCC2)CCCCC1. The number of amides is 2. The van der Waals surface area contributed by atoms with Crippen LogP contribution in [0.3, 0.4) is 0 Å². The van der Waals surface area contributed by atoms with Crippen molar-refractivity contribution in [1.82, 2.24) is 15.5 Å². The van der Waals surface area contributed by atoms with Gasteiger partial charge in [0.15, 0.2) is 0 Å². The highest BCUT2D eigenvalue weighted by atomic mass is 16.6. The molecule has 30 heavy (non-hydrogen) atoms. The fourth-order valence-corrected chi connectivity index (χ4v) is 4.32. The van der Waals surface area contributed by atoms with Gasteiger partial charge >= 0.3 is 6.09 Å². The van der Waals surface area contributed by atoms with Crippen LogP contribution in [0.4, 0.5) is 4.79 Å². The van der Waals surface area contributed by atoms with Crippen molar-refractivity contribution in [1.29, 1.82) is 0 Å². The summed E-state index contributed by atoms with van der Waals surface area (Å²) in [4.78, 5) is 28.1. The zero-order valence-corrected chi connectivity index (χ0v) is 20.2. The van der Waals surface area contributed by atoms with Crippen LogP contribution in [0.25, 0.3) is 0 Å². The molecule has 0 spiro atoms. The van der Waals surface area contributed by atoms with Gasteiger partial charge < -0.3 is 20.1 Å². The molecule has 2 fully saturated rings. The Labute approximate surface area is 182 Å². The van der Waals surface area contributed by atoms with Crippen molar-refractivity contribution in [3.8, 4) is 0 Å². The molecule has 1 heterocycles. The fraction of sp³-hybridized carbons (Fsp3) is 0.913. The average molecular weight is 426 g/mol. The van der Waals surface area contributed by atoms with Crippen LogP contribution < -0.4 is 10.6 Å². The van der Waals surface area contributed by atoms with Gasteiger partial charge in [-0.05, 0) is 61.3 Å². The van der Waals surface area contributed by atoms with Gasteiger partial charge in [0.2, 0.25) is 5.91 Å². The van der Waals surface area contributed by atoms with E-state index in [4.69, 9.17) is 9.47 Å². The number of morpholine rings is 1. The summed E-state index contributed by atoms with van der Waals surface area (Å²) in [6.07, 6.45) is 5.36. The molecule has 174 valence electrons. The first kappa shape index (κ1) is 24.9. The average Bonchev–Trinajstić information content (AvgIpc) is 2.65. The highest BCUT2D eigenvalue weighted by molar-refractivity contribution is 5.84. The van der Waals surface area contributed by atoms with E-state index in [0.717, 1.165) is 39.1 Å². The number of carbonyl (C=O) groups excluding carboxylic acids is 2. The van der Waals surface area contributed by atoms with Gasteiger partial charge in [0.05, 0.1) is 24.2 Å². The molecule has 2 aliphatic rings. The molecule has 7 heteroatoms. The number of carbonyl (C=O) groups is 2. The van der Waals surface area contributed by atoms with Gasteiger partial charge in [0.25, 0.3) is 0 Å². The maximum absolute atomic E-state index is 13.3. The quantitative estimate of drug-likeness (QED) is 0.681. The predicted molar refractivity (Wildman–Crippen MR) is 118 cm³/mol. The Morgan fingerprint density at radius 2 is 1.53 bits per heavy atom. The van der Waals surface area contributed by atoms with Crippen LogP contribution in [0.2, 0.25) is 0 Å². The predicted octanol–water partition coefficient (Wildman–Crippen LogP) is 3.47. The van der Waals surface area contributed by atoms with E-state index in [1.54, 1.807) is 0 Å². The van der Waals surface area contributed by atoms with Gasteiger partial charge in [-0.25, -0.2) is 4.79 Å². The second kappa shape index (κ2) is 9.43. The van der Waals surface area contributed by atoms with E-state index < -0.39 is 22.6 Å². The van der Waals surface area contributed by atoms with E-state index in [9.17, 15) is 9.59 Å². The van der Waals surface area contributed by atoms with Crippen molar-refractivity contribution in [2.45, 2.75) is 97.2 Å². The minimum atomic E-state index is -0.815. The maximum atomic E-state index is 13.3. The van der Waals surface area contributed by atoms with Crippen molar-refractivity contribution in [3.63, 3.8) is 0 Å². The van der Waals surface area contributed by atoms with E-state index in [-0.39, 0.29) is 11.4 Å². The van der Waals surface area contributed by atoms with Crippen LogP contribution in [-0.2, 0) is 14.3 Å². The second-order valence-electron chi connectivity index (χ2n) is 10.9. The third-order valence-electron chi connectivity index (χ3n) is 6.99. The summed E-state index contributed by atoms with van der Waals surface area (Å²) >= 11 is 0. The monoisotopic (exact) mass is 425 g/mol. The van der Waals surface area contributed by atoms with Crippen molar-refractivity contribution in [2.75, 3.05) is 32.8 Å². The lowest BCUT2D eigenvalue weighted by atomic mass is 9.73. The lowest BCUT2D eigenvalue weighted by Gasteiger charge is -2.49. The first-order valence-corrected chi connectivity index (χ1v) is 11.4. The standard InChI is InChI=1S/C23H43N3O4/c1-20(2,3)30-19(28)25-22(6,7)21(4,5)18(27)24-17-23(11-9-8-10-12-23)26-13-15-29-16-14-26/h8-17H2,1-7H3,(H,24,27)(H,25,28). The summed E-state index contributed by atoms with van der Waals surface area (Å²) in [6.45, 7) is 17.0. The Morgan fingerprint density at radius 1 is 0.967 bits per heavy atom. The van der Waals surface area contributed by atoms with Crippen LogP contribution in [0.1, 0.15) is 80.6 Å². The Kier molecular flexibility index (Phi) is 7.83. The summed E-state index contributed by atoms with van der Waals surface area (Å²) in [5.41, 5.74) is -2.17. The van der Waals surface area contributed by atoms with Gasteiger partial charge in [-0.15, -0.1) is 0 Å². The van der Waals surface area contributed by atoms with Gasteiger partial charge in [0, 0.05) is 25.2 Å². The Morgan fingerprint density at radius 3 is 2.07 bits per heavy atom. The normalized spacial score (nSPS) is 21.0. The van der Waals surface area contributed by atoms with Crippen molar-refractivity contribution in [2.24, 2.45) is 5.41 Å². The molecule has 1 aliphatic heterocycles. The molecule has 2 rings (SSSR count).